The Morgan fingerprint density at radius 3 is 1.82 bits per heavy atom. The molecule has 2 N–H and O–H groups in total. The normalized spacial score (nSPS) is 10.2. The molecular formula is C28H24N2O4. The first kappa shape index (κ1) is 22.6. The minimum atomic E-state index is -0.469. The van der Waals surface area contributed by atoms with E-state index in [9.17, 15) is 9.59 Å². The molecule has 0 aromatic heterocycles. The SMILES string of the molecule is O=C(COc1ccc(-c2ccccc2)cc1)NNC(=O)c1ccc(OCc2ccccc2)cc1. The molecule has 0 aliphatic carbocycles. The Bertz CT molecular complexity index is 1210. The highest BCUT2D eigenvalue weighted by Gasteiger charge is 2.09. The Balaban J connectivity index is 1.19. The third kappa shape index (κ3) is 6.46. The van der Waals surface area contributed by atoms with Crippen LogP contribution in [-0.2, 0) is 11.4 Å². The molecule has 34 heavy (non-hydrogen) atoms. The highest BCUT2D eigenvalue weighted by atomic mass is 16.5. The van der Waals surface area contributed by atoms with Gasteiger partial charge in [0.15, 0.2) is 6.61 Å². The van der Waals surface area contributed by atoms with Crippen LogP contribution in [0, 0.1) is 0 Å². The molecule has 4 aromatic carbocycles. The van der Waals surface area contributed by atoms with Crippen LogP contribution in [0.1, 0.15) is 15.9 Å². The fourth-order valence-electron chi connectivity index (χ4n) is 3.20. The molecule has 4 rings (SSSR count). The van der Waals surface area contributed by atoms with Crippen molar-refractivity contribution in [2.45, 2.75) is 6.61 Å². The molecule has 170 valence electrons. The lowest BCUT2D eigenvalue weighted by Gasteiger charge is -2.10. The molecule has 0 aliphatic heterocycles. The highest BCUT2D eigenvalue weighted by Crippen LogP contribution is 2.22. The van der Waals surface area contributed by atoms with Gasteiger partial charge in [-0.1, -0.05) is 72.8 Å². The van der Waals surface area contributed by atoms with E-state index in [0.29, 0.717) is 23.7 Å². The molecule has 0 aliphatic rings. The number of ether oxygens (including phenoxy) is 2. The van der Waals surface area contributed by atoms with Crippen molar-refractivity contribution in [3.63, 3.8) is 0 Å². The number of carbonyl (C=O) groups is 2. The molecule has 0 atom stereocenters. The zero-order valence-electron chi connectivity index (χ0n) is 18.4. The van der Waals surface area contributed by atoms with E-state index in [-0.39, 0.29) is 6.61 Å². The minimum absolute atomic E-state index is 0.225. The van der Waals surface area contributed by atoms with Gasteiger partial charge in [0.1, 0.15) is 18.1 Å². The number of rotatable bonds is 8. The lowest BCUT2D eigenvalue weighted by Crippen LogP contribution is -2.43. The molecular weight excluding hydrogens is 428 g/mol. The summed E-state index contributed by atoms with van der Waals surface area (Å²) in [6.45, 7) is 0.217. The van der Waals surface area contributed by atoms with Gasteiger partial charge in [-0.05, 0) is 53.1 Å². The lowest BCUT2D eigenvalue weighted by atomic mass is 10.1. The van der Waals surface area contributed by atoms with Crippen molar-refractivity contribution in [2.24, 2.45) is 0 Å². The number of hydrogen-bond acceptors (Lipinski definition) is 4. The summed E-state index contributed by atoms with van der Waals surface area (Å²) < 4.78 is 11.2. The quantitative estimate of drug-likeness (QED) is 0.378. The van der Waals surface area contributed by atoms with E-state index >= 15 is 0 Å². The van der Waals surface area contributed by atoms with Gasteiger partial charge in [0.25, 0.3) is 11.8 Å². The van der Waals surface area contributed by atoms with Crippen LogP contribution in [-0.4, -0.2) is 18.4 Å². The van der Waals surface area contributed by atoms with Gasteiger partial charge in [0.2, 0.25) is 0 Å². The summed E-state index contributed by atoms with van der Waals surface area (Å²) in [5, 5.41) is 0. The Labute approximate surface area is 198 Å². The van der Waals surface area contributed by atoms with Crippen LogP contribution in [0.2, 0.25) is 0 Å². The second kappa shape index (κ2) is 11.3. The monoisotopic (exact) mass is 452 g/mol. The summed E-state index contributed by atoms with van der Waals surface area (Å²) in [4.78, 5) is 24.3. The van der Waals surface area contributed by atoms with Gasteiger partial charge >= 0.3 is 0 Å². The Hall–Kier alpha value is -4.58. The van der Waals surface area contributed by atoms with Gasteiger partial charge in [-0.2, -0.15) is 0 Å². The van der Waals surface area contributed by atoms with Crippen LogP contribution >= 0.6 is 0 Å². The first-order valence-corrected chi connectivity index (χ1v) is 10.8. The van der Waals surface area contributed by atoms with Crippen molar-refractivity contribution in [2.75, 3.05) is 6.61 Å². The van der Waals surface area contributed by atoms with E-state index in [1.165, 1.54) is 0 Å². The zero-order valence-corrected chi connectivity index (χ0v) is 18.4. The van der Waals surface area contributed by atoms with Crippen molar-refractivity contribution in [3.8, 4) is 22.6 Å². The van der Waals surface area contributed by atoms with Crippen molar-refractivity contribution in [3.05, 3.63) is 120 Å². The van der Waals surface area contributed by atoms with Crippen LogP contribution in [0.4, 0.5) is 0 Å². The van der Waals surface area contributed by atoms with E-state index in [0.717, 1.165) is 16.7 Å². The van der Waals surface area contributed by atoms with Gasteiger partial charge in [0.05, 0.1) is 0 Å². The van der Waals surface area contributed by atoms with E-state index < -0.39 is 11.8 Å². The van der Waals surface area contributed by atoms with E-state index in [2.05, 4.69) is 10.9 Å². The van der Waals surface area contributed by atoms with Crippen molar-refractivity contribution in [1.82, 2.24) is 10.9 Å². The fraction of sp³-hybridized carbons (Fsp3) is 0.0714. The van der Waals surface area contributed by atoms with Gasteiger partial charge in [-0.15, -0.1) is 0 Å². The average Bonchev–Trinajstić information content (AvgIpc) is 2.91. The topological polar surface area (TPSA) is 76.7 Å². The molecule has 0 heterocycles. The van der Waals surface area contributed by atoms with Crippen molar-refractivity contribution < 1.29 is 19.1 Å². The van der Waals surface area contributed by atoms with Crippen LogP contribution in [0.5, 0.6) is 11.5 Å². The van der Waals surface area contributed by atoms with Crippen molar-refractivity contribution in [1.29, 1.82) is 0 Å². The molecule has 6 heteroatoms. The van der Waals surface area contributed by atoms with E-state index in [4.69, 9.17) is 9.47 Å². The lowest BCUT2D eigenvalue weighted by molar-refractivity contribution is -0.123. The largest absolute Gasteiger partial charge is 0.489 e. The minimum Gasteiger partial charge on any atom is -0.489 e. The van der Waals surface area contributed by atoms with Gasteiger partial charge in [0, 0.05) is 5.56 Å². The first-order valence-electron chi connectivity index (χ1n) is 10.8. The molecule has 6 nitrogen and oxygen atoms in total. The summed E-state index contributed by atoms with van der Waals surface area (Å²) in [5.41, 5.74) is 8.35. The average molecular weight is 453 g/mol. The fourth-order valence-corrected chi connectivity index (χ4v) is 3.20. The second-order valence-electron chi connectivity index (χ2n) is 7.48. The maximum absolute atomic E-state index is 12.3. The third-order valence-corrected chi connectivity index (χ3v) is 5.01. The maximum atomic E-state index is 12.3. The predicted molar refractivity (Wildman–Crippen MR) is 130 cm³/mol. The number of hydrogen-bond donors (Lipinski definition) is 2. The molecule has 2 amide bonds. The van der Waals surface area contributed by atoms with Gasteiger partial charge < -0.3 is 9.47 Å². The number of amides is 2. The third-order valence-electron chi connectivity index (χ3n) is 5.01. The second-order valence-corrected chi connectivity index (χ2v) is 7.48. The van der Waals surface area contributed by atoms with E-state index in [1.54, 1.807) is 36.4 Å². The molecule has 0 saturated heterocycles. The summed E-state index contributed by atoms with van der Waals surface area (Å²) in [5.74, 6) is 0.307. The smallest absolute Gasteiger partial charge is 0.276 e. The van der Waals surface area contributed by atoms with Gasteiger partial charge in [-0.3, -0.25) is 20.4 Å². The molecule has 0 fully saturated rings. The standard InChI is InChI=1S/C28H24N2O4/c31-27(20-34-26-15-11-23(12-16-26)22-9-5-2-6-10-22)29-30-28(32)24-13-17-25(18-14-24)33-19-21-7-3-1-4-8-21/h1-18H,19-20H2,(H,29,31)(H,30,32). The number of carbonyl (C=O) groups excluding carboxylic acids is 2. The van der Waals surface area contributed by atoms with Crippen LogP contribution in [0.15, 0.2) is 109 Å². The van der Waals surface area contributed by atoms with E-state index in [1.807, 2.05) is 72.8 Å². The number of benzene rings is 4. The number of nitrogens with one attached hydrogen (secondary N) is 2. The molecule has 4 aromatic rings. The summed E-state index contributed by atoms with van der Waals surface area (Å²) in [6, 6.07) is 33.9. The summed E-state index contributed by atoms with van der Waals surface area (Å²) in [6.07, 6.45) is 0. The summed E-state index contributed by atoms with van der Waals surface area (Å²) in [7, 11) is 0. The van der Waals surface area contributed by atoms with Gasteiger partial charge in [-0.25, -0.2) is 0 Å². The Kier molecular flexibility index (Phi) is 7.54. The van der Waals surface area contributed by atoms with Crippen molar-refractivity contribution >= 4 is 11.8 Å². The summed E-state index contributed by atoms with van der Waals surface area (Å²) >= 11 is 0. The first-order chi connectivity index (χ1) is 16.7. The maximum Gasteiger partial charge on any atom is 0.276 e. The van der Waals surface area contributed by atoms with Crippen LogP contribution < -0.4 is 20.3 Å². The zero-order chi connectivity index (χ0) is 23.6. The highest BCUT2D eigenvalue weighted by molar-refractivity contribution is 5.95. The molecule has 0 bridgehead atoms. The Morgan fingerprint density at radius 1 is 0.588 bits per heavy atom. The Morgan fingerprint density at radius 2 is 1.15 bits per heavy atom. The molecule has 0 saturated carbocycles. The van der Waals surface area contributed by atoms with Crippen LogP contribution in [0.25, 0.3) is 11.1 Å². The molecule has 0 unspecified atom stereocenters. The predicted octanol–water partition coefficient (Wildman–Crippen LogP) is 4.77. The molecule has 0 radical (unpaired) electrons. The van der Waals surface area contributed by atoms with Crippen LogP contribution in [0.3, 0.4) is 0 Å². The number of hydrazine groups is 1. The molecule has 0 spiro atoms.